The topological polar surface area (TPSA) is 103 Å². The Balaban J connectivity index is 1.41. The minimum absolute atomic E-state index is 0.108. The molecule has 0 unspecified atom stereocenters. The van der Waals surface area contributed by atoms with Gasteiger partial charge in [-0.3, -0.25) is 14.6 Å². The first-order valence-corrected chi connectivity index (χ1v) is 14.0. The third-order valence-electron chi connectivity index (χ3n) is 7.09. The first-order chi connectivity index (χ1) is 18.9. The number of aromatic amines is 1. The molecule has 0 atom stereocenters. The van der Waals surface area contributed by atoms with E-state index >= 15 is 0 Å². The number of likely N-dealkylation sites (N-methyl/N-ethyl adjacent to an activating group) is 1. The number of benzene rings is 1. The van der Waals surface area contributed by atoms with E-state index in [2.05, 4.69) is 39.3 Å². The standard InChI is InChI=1S/C30H32N6O2S/c1-5-36(6-2)14-13-32-29(38)27-18(3)25(33-19(27)4)16-22-21-15-20(10-11-23(21)34-28(22)37)26-17-39-30(35-26)24-9-7-8-12-31-24/h7-12,15-17,33H,5-6,13-14H2,1-4H3,(H,32,38)(H,34,37)/b22-16-. The van der Waals surface area contributed by atoms with Crippen molar-refractivity contribution < 1.29 is 9.59 Å². The summed E-state index contributed by atoms with van der Waals surface area (Å²) in [7, 11) is 0. The summed E-state index contributed by atoms with van der Waals surface area (Å²) in [5.41, 5.74) is 7.65. The van der Waals surface area contributed by atoms with Crippen LogP contribution in [-0.2, 0) is 4.79 Å². The first-order valence-electron chi connectivity index (χ1n) is 13.1. The number of thiazole rings is 1. The molecule has 4 heterocycles. The maximum absolute atomic E-state index is 13.0. The maximum Gasteiger partial charge on any atom is 0.256 e. The summed E-state index contributed by atoms with van der Waals surface area (Å²) in [6.45, 7) is 11.3. The van der Waals surface area contributed by atoms with Gasteiger partial charge in [-0.15, -0.1) is 11.3 Å². The lowest BCUT2D eigenvalue weighted by Crippen LogP contribution is -2.35. The number of pyridine rings is 1. The summed E-state index contributed by atoms with van der Waals surface area (Å²) in [4.78, 5) is 40.7. The van der Waals surface area contributed by atoms with Crippen LogP contribution in [0.25, 0.3) is 33.6 Å². The van der Waals surface area contributed by atoms with Crippen LogP contribution in [0.15, 0.2) is 48.0 Å². The molecular weight excluding hydrogens is 508 g/mol. The summed E-state index contributed by atoms with van der Waals surface area (Å²) in [6, 6.07) is 11.6. The van der Waals surface area contributed by atoms with Gasteiger partial charge in [0.05, 0.1) is 22.5 Å². The fourth-order valence-electron chi connectivity index (χ4n) is 4.86. The van der Waals surface area contributed by atoms with Crippen LogP contribution in [0.4, 0.5) is 5.69 Å². The van der Waals surface area contributed by atoms with E-state index < -0.39 is 0 Å². The van der Waals surface area contributed by atoms with Gasteiger partial charge in [0.1, 0.15) is 5.01 Å². The molecule has 3 aromatic heterocycles. The number of aromatic nitrogens is 3. The van der Waals surface area contributed by atoms with E-state index in [1.807, 2.05) is 61.7 Å². The van der Waals surface area contributed by atoms with E-state index in [-0.39, 0.29) is 11.8 Å². The Bertz CT molecular complexity index is 1550. The van der Waals surface area contributed by atoms with E-state index in [4.69, 9.17) is 4.98 Å². The van der Waals surface area contributed by atoms with Gasteiger partial charge in [-0.1, -0.05) is 26.0 Å². The van der Waals surface area contributed by atoms with Crippen LogP contribution in [0.2, 0.25) is 0 Å². The quantitative estimate of drug-likeness (QED) is 0.247. The second kappa shape index (κ2) is 11.3. The SMILES string of the molecule is CCN(CC)CCNC(=O)c1c(C)[nH]c(/C=C2\C(=O)Nc3ccc(-c4csc(-c5ccccn5)n4)cc32)c1C. The number of anilines is 1. The molecule has 0 aliphatic carbocycles. The largest absolute Gasteiger partial charge is 0.358 e. The zero-order valence-electron chi connectivity index (χ0n) is 22.6. The molecule has 4 aromatic rings. The lowest BCUT2D eigenvalue weighted by molar-refractivity contribution is -0.110. The molecule has 9 heteroatoms. The number of carbonyl (C=O) groups excluding carboxylic acids is 2. The van der Waals surface area contributed by atoms with Gasteiger partial charge < -0.3 is 20.5 Å². The minimum Gasteiger partial charge on any atom is -0.358 e. The molecule has 1 aliphatic heterocycles. The molecule has 0 saturated carbocycles. The maximum atomic E-state index is 13.0. The zero-order valence-corrected chi connectivity index (χ0v) is 23.4. The second-order valence-electron chi connectivity index (χ2n) is 9.47. The summed E-state index contributed by atoms with van der Waals surface area (Å²) < 4.78 is 0. The predicted octanol–water partition coefficient (Wildman–Crippen LogP) is 5.38. The summed E-state index contributed by atoms with van der Waals surface area (Å²) >= 11 is 1.54. The Labute approximate surface area is 232 Å². The highest BCUT2D eigenvalue weighted by Gasteiger charge is 2.26. The molecule has 39 heavy (non-hydrogen) atoms. The lowest BCUT2D eigenvalue weighted by atomic mass is 10.0. The van der Waals surface area contributed by atoms with Crippen molar-refractivity contribution in [3.63, 3.8) is 0 Å². The van der Waals surface area contributed by atoms with Gasteiger partial charge in [-0.2, -0.15) is 0 Å². The van der Waals surface area contributed by atoms with Crippen molar-refractivity contribution in [3.05, 3.63) is 76.1 Å². The number of hydrogen-bond acceptors (Lipinski definition) is 6. The van der Waals surface area contributed by atoms with Crippen molar-refractivity contribution in [2.75, 3.05) is 31.5 Å². The molecule has 1 aromatic carbocycles. The fourth-order valence-corrected chi connectivity index (χ4v) is 5.67. The van der Waals surface area contributed by atoms with Crippen LogP contribution in [0, 0.1) is 13.8 Å². The predicted molar refractivity (Wildman–Crippen MR) is 158 cm³/mol. The van der Waals surface area contributed by atoms with E-state index in [0.717, 1.165) is 69.8 Å². The van der Waals surface area contributed by atoms with Crippen molar-refractivity contribution in [1.29, 1.82) is 0 Å². The van der Waals surface area contributed by atoms with Crippen molar-refractivity contribution in [1.82, 2.24) is 25.2 Å². The van der Waals surface area contributed by atoms with Crippen LogP contribution in [0.1, 0.15) is 46.7 Å². The fraction of sp³-hybridized carbons (Fsp3) is 0.267. The van der Waals surface area contributed by atoms with E-state index in [9.17, 15) is 9.59 Å². The number of nitrogens with one attached hydrogen (secondary N) is 3. The lowest BCUT2D eigenvalue weighted by Gasteiger charge is -2.18. The normalized spacial score (nSPS) is 13.7. The average molecular weight is 541 g/mol. The van der Waals surface area contributed by atoms with Crippen molar-refractivity contribution in [2.24, 2.45) is 0 Å². The number of rotatable bonds is 9. The Hall–Kier alpha value is -4.08. The molecule has 0 radical (unpaired) electrons. The van der Waals surface area contributed by atoms with Gasteiger partial charge in [-0.25, -0.2) is 4.98 Å². The third-order valence-corrected chi connectivity index (χ3v) is 7.95. The molecule has 0 spiro atoms. The molecule has 0 bridgehead atoms. The van der Waals surface area contributed by atoms with E-state index in [0.29, 0.717) is 17.7 Å². The molecule has 2 amide bonds. The van der Waals surface area contributed by atoms with Crippen LogP contribution in [0.5, 0.6) is 0 Å². The van der Waals surface area contributed by atoms with Gasteiger partial charge in [0.2, 0.25) is 0 Å². The Morgan fingerprint density at radius 3 is 2.69 bits per heavy atom. The number of H-pyrrole nitrogens is 1. The highest BCUT2D eigenvalue weighted by Crippen LogP contribution is 2.37. The molecule has 5 rings (SSSR count). The minimum atomic E-state index is -0.175. The third kappa shape index (κ3) is 5.41. The van der Waals surface area contributed by atoms with Crippen molar-refractivity contribution >= 4 is 40.5 Å². The van der Waals surface area contributed by atoms with Crippen LogP contribution < -0.4 is 10.6 Å². The average Bonchev–Trinajstić information content (AvgIpc) is 3.63. The van der Waals surface area contributed by atoms with Gasteiger partial charge in [0.25, 0.3) is 11.8 Å². The Morgan fingerprint density at radius 1 is 1.13 bits per heavy atom. The highest BCUT2D eigenvalue weighted by atomic mass is 32.1. The van der Waals surface area contributed by atoms with Crippen LogP contribution in [-0.4, -0.2) is 57.8 Å². The molecule has 8 nitrogen and oxygen atoms in total. The number of amides is 2. The number of aryl methyl sites for hydroxylation is 1. The number of carbonyl (C=O) groups is 2. The zero-order chi connectivity index (χ0) is 27.5. The molecule has 0 fully saturated rings. The molecule has 3 N–H and O–H groups in total. The van der Waals surface area contributed by atoms with Crippen LogP contribution in [0.3, 0.4) is 0 Å². The molecular formula is C30H32N6O2S. The summed E-state index contributed by atoms with van der Waals surface area (Å²) in [6.07, 6.45) is 3.59. The van der Waals surface area contributed by atoms with Crippen molar-refractivity contribution in [3.8, 4) is 22.0 Å². The Morgan fingerprint density at radius 2 is 1.95 bits per heavy atom. The number of fused-ring (bicyclic) bond motifs is 1. The summed E-state index contributed by atoms with van der Waals surface area (Å²) in [5.74, 6) is -0.282. The van der Waals surface area contributed by atoms with Gasteiger partial charge in [0.15, 0.2) is 0 Å². The van der Waals surface area contributed by atoms with Gasteiger partial charge >= 0.3 is 0 Å². The monoisotopic (exact) mass is 540 g/mol. The first kappa shape index (κ1) is 26.5. The summed E-state index contributed by atoms with van der Waals surface area (Å²) in [5, 5.41) is 8.84. The van der Waals surface area contributed by atoms with E-state index in [1.54, 1.807) is 6.20 Å². The van der Waals surface area contributed by atoms with E-state index in [1.165, 1.54) is 11.3 Å². The molecule has 1 aliphatic rings. The highest BCUT2D eigenvalue weighted by molar-refractivity contribution is 7.13. The number of hydrogen-bond donors (Lipinski definition) is 3. The van der Waals surface area contributed by atoms with Gasteiger partial charge in [-0.05, 0) is 62.8 Å². The smallest absolute Gasteiger partial charge is 0.256 e. The molecule has 200 valence electrons. The van der Waals surface area contributed by atoms with Crippen LogP contribution >= 0.6 is 11.3 Å². The Kier molecular flexibility index (Phi) is 7.72. The van der Waals surface area contributed by atoms with Gasteiger partial charge in [0, 0.05) is 52.9 Å². The number of nitrogens with zero attached hydrogens (tertiary/aromatic N) is 3. The molecule has 0 saturated heterocycles. The van der Waals surface area contributed by atoms with Crippen molar-refractivity contribution in [2.45, 2.75) is 27.7 Å². The second-order valence-corrected chi connectivity index (χ2v) is 10.3.